The number of nitrogens with zero attached hydrogens (tertiary/aromatic N) is 3. The molecule has 0 atom stereocenters. The van der Waals surface area contributed by atoms with E-state index in [9.17, 15) is 0 Å². The number of halogens is 1. The molecule has 0 fully saturated rings. The molecule has 3 rings (SSSR count). The van der Waals surface area contributed by atoms with Gasteiger partial charge in [-0.2, -0.15) is 14.9 Å². The van der Waals surface area contributed by atoms with Crippen LogP contribution in [0, 0.1) is 4.77 Å². The van der Waals surface area contributed by atoms with Gasteiger partial charge in [0.1, 0.15) is 18.7 Å². The smallest absolute Gasteiger partial charge is 0.216 e. The van der Waals surface area contributed by atoms with Gasteiger partial charge < -0.3 is 4.74 Å². The van der Waals surface area contributed by atoms with Crippen molar-refractivity contribution in [1.82, 2.24) is 14.9 Å². The summed E-state index contributed by atoms with van der Waals surface area (Å²) in [6.45, 7) is 0.495. The summed E-state index contributed by atoms with van der Waals surface area (Å²) in [6, 6.07) is 15.2. The van der Waals surface area contributed by atoms with Crippen molar-refractivity contribution < 1.29 is 4.74 Å². The van der Waals surface area contributed by atoms with Crippen LogP contribution >= 0.6 is 23.8 Å². The number of H-pyrrole nitrogens is 1. The summed E-state index contributed by atoms with van der Waals surface area (Å²) < 4.78 is 7.67. The minimum atomic E-state index is 0.448. The Hall–Kier alpha value is -2.44. The van der Waals surface area contributed by atoms with Crippen LogP contribution < -0.4 is 4.74 Å². The van der Waals surface area contributed by atoms with Crippen LogP contribution in [0.15, 0.2) is 60.0 Å². The van der Waals surface area contributed by atoms with E-state index in [0.29, 0.717) is 11.4 Å². The van der Waals surface area contributed by atoms with Crippen LogP contribution in [0.4, 0.5) is 0 Å². The molecule has 23 heavy (non-hydrogen) atoms. The zero-order chi connectivity index (χ0) is 16.1. The average Bonchev–Trinajstić information content (AvgIpc) is 2.98. The minimum absolute atomic E-state index is 0.448. The van der Waals surface area contributed by atoms with E-state index >= 15 is 0 Å². The molecule has 0 unspecified atom stereocenters. The van der Waals surface area contributed by atoms with E-state index in [-0.39, 0.29) is 0 Å². The third kappa shape index (κ3) is 4.28. The molecule has 7 heteroatoms. The van der Waals surface area contributed by atoms with Gasteiger partial charge in [0.15, 0.2) is 0 Å². The topological polar surface area (TPSA) is 55.2 Å². The lowest BCUT2D eigenvalue weighted by atomic mass is 10.2. The summed E-state index contributed by atoms with van der Waals surface area (Å²) in [4.78, 5) is 0. The summed E-state index contributed by atoms with van der Waals surface area (Å²) in [6.07, 6.45) is 3.22. The van der Waals surface area contributed by atoms with Gasteiger partial charge in [-0.15, -0.1) is 0 Å². The van der Waals surface area contributed by atoms with Gasteiger partial charge in [0.2, 0.25) is 4.77 Å². The monoisotopic (exact) mass is 344 g/mol. The lowest BCUT2D eigenvalue weighted by Crippen LogP contribution is -1.95. The first-order valence-electron chi connectivity index (χ1n) is 6.84. The number of ether oxygens (including phenoxy) is 1. The van der Waals surface area contributed by atoms with Crippen LogP contribution in [-0.2, 0) is 6.61 Å². The molecule has 0 saturated carbocycles. The molecule has 5 nitrogen and oxygen atoms in total. The fraction of sp³-hybridized carbons (Fsp3) is 0.0625. The molecule has 0 bridgehead atoms. The van der Waals surface area contributed by atoms with Gasteiger partial charge in [-0.05, 0) is 59.7 Å². The molecule has 0 aliphatic carbocycles. The van der Waals surface area contributed by atoms with Gasteiger partial charge >= 0.3 is 0 Å². The van der Waals surface area contributed by atoms with Gasteiger partial charge in [0.05, 0.1) is 6.21 Å². The zero-order valence-corrected chi connectivity index (χ0v) is 13.6. The van der Waals surface area contributed by atoms with Crippen molar-refractivity contribution >= 4 is 30.0 Å². The van der Waals surface area contributed by atoms with Crippen LogP contribution in [0.3, 0.4) is 0 Å². The number of aromatic amines is 1. The molecule has 3 aromatic rings. The summed E-state index contributed by atoms with van der Waals surface area (Å²) in [5, 5.41) is 11.4. The van der Waals surface area contributed by atoms with Crippen LogP contribution in [0.1, 0.15) is 11.1 Å². The van der Waals surface area contributed by atoms with Crippen molar-refractivity contribution in [2.45, 2.75) is 6.61 Å². The normalized spacial score (nSPS) is 11.0. The first kappa shape index (κ1) is 15.5. The van der Waals surface area contributed by atoms with Crippen molar-refractivity contribution in [2.24, 2.45) is 5.10 Å². The highest BCUT2D eigenvalue weighted by molar-refractivity contribution is 7.71. The van der Waals surface area contributed by atoms with Crippen molar-refractivity contribution in [3.8, 4) is 5.75 Å². The lowest BCUT2D eigenvalue weighted by molar-refractivity contribution is 0.306. The maximum atomic E-state index is 5.86. The van der Waals surface area contributed by atoms with Crippen molar-refractivity contribution in [1.29, 1.82) is 0 Å². The largest absolute Gasteiger partial charge is 0.489 e. The number of hydrogen-bond acceptors (Lipinski definition) is 4. The number of nitrogens with one attached hydrogen (secondary N) is 1. The Morgan fingerprint density at radius 2 is 1.91 bits per heavy atom. The molecule has 0 spiro atoms. The Kier molecular flexibility index (Phi) is 4.85. The first-order chi connectivity index (χ1) is 11.2. The molecule has 0 saturated heterocycles. The van der Waals surface area contributed by atoms with Gasteiger partial charge in [-0.1, -0.05) is 23.7 Å². The Bertz CT molecular complexity index is 853. The highest BCUT2D eigenvalue weighted by Crippen LogP contribution is 2.15. The Labute approximate surface area is 143 Å². The van der Waals surface area contributed by atoms with Crippen molar-refractivity contribution in [3.05, 3.63) is 75.8 Å². The van der Waals surface area contributed by atoms with E-state index in [2.05, 4.69) is 15.3 Å². The molecule has 0 radical (unpaired) electrons. The highest BCUT2D eigenvalue weighted by atomic mass is 35.5. The van der Waals surface area contributed by atoms with E-state index in [4.69, 9.17) is 28.6 Å². The second kappa shape index (κ2) is 7.21. The van der Waals surface area contributed by atoms with E-state index in [0.717, 1.165) is 21.9 Å². The third-order valence-electron chi connectivity index (χ3n) is 3.07. The predicted octanol–water partition coefficient (Wildman–Crippen LogP) is 4.06. The molecule has 0 aliphatic rings. The summed E-state index contributed by atoms with van der Waals surface area (Å²) in [7, 11) is 0. The molecule has 116 valence electrons. The minimum Gasteiger partial charge on any atom is -0.489 e. The summed E-state index contributed by atoms with van der Waals surface area (Å²) in [5.74, 6) is 0.789. The van der Waals surface area contributed by atoms with Crippen LogP contribution in [0.25, 0.3) is 0 Å². The standard InChI is InChI=1S/C16H13ClN4OS/c17-14-5-1-13(2-6-14)10-22-15-7-3-12(4-8-15)9-19-21-11-18-20-16(21)23/h1-9,11H,10H2,(H,20,23)/b19-9+. The fourth-order valence-electron chi connectivity index (χ4n) is 1.85. The number of rotatable bonds is 5. The van der Waals surface area contributed by atoms with Crippen LogP contribution in [0.5, 0.6) is 5.75 Å². The fourth-order valence-corrected chi connectivity index (χ4v) is 2.12. The zero-order valence-electron chi connectivity index (χ0n) is 12.0. The second-order valence-electron chi connectivity index (χ2n) is 4.73. The van der Waals surface area contributed by atoms with E-state index in [1.807, 2.05) is 48.5 Å². The summed E-state index contributed by atoms with van der Waals surface area (Å²) >= 11 is 10.9. The van der Waals surface area contributed by atoms with E-state index < -0.39 is 0 Å². The van der Waals surface area contributed by atoms with Gasteiger partial charge in [-0.25, -0.2) is 0 Å². The highest BCUT2D eigenvalue weighted by Gasteiger charge is 1.97. The number of aromatic nitrogens is 3. The third-order valence-corrected chi connectivity index (χ3v) is 3.60. The molecule has 1 heterocycles. The van der Waals surface area contributed by atoms with E-state index in [1.54, 1.807) is 6.21 Å². The lowest BCUT2D eigenvalue weighted by Gasteiger charge is -2.06. The molecule has 1 N–H and O–H groups in total. The van der Waals surface area contributed by atoms with Gasteiger partial charge in [0.25, 0.3) is 0 Å². The quantitative estimate of drug-likeness (QED) is 0.561. The number of hydrogen-bond donors (Lipinski definition) is 1. The predicted molar refractivity (Wildman–Crippen MR) is 92.6 cm³/mol. The second-order valence-corrected chi connectivity index (χ2v) is 5.56. The Morgan fingerprint density at radius 1 is 1.17 bits per heavy atom. The SMILES string of the molecule is S=c1[nH]ncn1/N=C/c1ccc(OCc2ccc(Cl)cc2)cc1. The molecule has 1 aromatic heterocycles. The van der Waals surface area contributed by atoms with Crippen LogP contribution in [0.2, 0.25) is 5.02 Å². The van der Waals surface area contributed by atoms with E-state index in [1.165, 1.54) is 11.0 Å². The molecule has 2 aromatic carbocycles. The van der Waals surface area contributed by atoms with Crippen molar-refractivity contribution in [2.75, 3.05) is 0 Å². The van der Waals surface area contributed by atoms with Gasteiger partial charge in [-0.3, -0.25) is 5.10 Å². The molecular formula is C16H13ClN4OS. The van der Waals surface area contributed by atoms with Gasteiger partial charge in [0, 0.05) is 5.02 Å². The molecule has 0 aliphatic heterocycles. The molecule has 0 amide bonds. The average molecular weight is 345 g/mol. The van der Waals surface area contributed by atoms with Crippen molar-refractivity contribution in [3.63, 3.8) is 0 Å². The maximum absolute atomic E-state index is 5.86. The summed E-state index contributed by atoms with van der Waals surface area (Å²) in [5.41, 5.74) is 2.00. The number of benzene rings is 2. The van der Waals surface area contributed by atoms with Crippen LogP contribution in [-0.4, -0.2) is 21.1 Å². The Balaban J connectivity index is 1.60. The first-order valence-corrected chi connectivity index (χ1v) is 7.63. The molecular weight excluding hydrogens is 332 g/mol. The Morgan fingerprint density at radius 3 is 2.57 bits per heavy atom. The maximum Gasteiger partial charge on any atom is 0.216 e.